The Morgan fingerprint density at radius 2 is 2.08 bits per heavy atom. The number of rotatable bonds is 9. The van der Waals surface area contributed by atoms with E-state index >= 15 is 0 Å². The van der Waals surface area contributed by atoms with E-state index in [0.717, 1.165) is 37.3 Å². The zero-order valence-electron chi connectivity index (χ0n) is 20.1. The Morgan fingerprint density at radius 3 is 2.70 bits per heavy atom. The van der Waals surface area contributed by atoms with Gasteiger partial charge in [-0.05, 0) is 37.3 Å². The highest BCUT2D eigenvalue weighted by atomic mass is 16.5. The standard InChI is InChI=1S/C22H31N7O8/c1-11(31)24-18-13(7-16(21(35)36)37-20(18)19(34)15(32)10-30)25-22(23)26-17(33)9-29-8-14(27-28-29)12-5-3-2-4-6-12/h5,7-8,13,15,18-20,30,32,34H,2-4,6,9-10H2,1H3,(H,24,31)(H,35,36)(H3,23,25,26,33)/t13-,15+,18+,19+,20+/m0/s1. The third kappa shape index (κ3) is 7.34. The fraction of sp³-hybridized carbons (Fsp3) is 0.545. The molecular weight excluding hydrogens is 490 g/mol. The second-order valence-electron chi connectivity index (χ2n) is 8.71. The minimum absolute atomic E-state index is 0.223. The van der Waals surface area contributed by atoms with Gasteiger partial charge < -0.3 is 36.2 Å². The van der Waals surface area contributed by atoms with Gasteiger partial charge in [-0.15, -0.1) is 5.10 Å². The molecule has 0 saturated carbocycles. The van der Waals surface area contributed by atoms with Crippen LogP contribution in [0.3, 0.4) is 0 Å². The van der Waals surface area contributed by atoms with Crippen LogP contribution < -0.4 is 16.4 Å². The molecule has 8 N–H and O–H groups in total. The van der Waals surface area contributed by atoms with E-state index in [2.05, 4.69) is 32.0 Å². The first-order valence-corrected chi connectivity index (χ1v) is 11.7. The number of carbonyl (C=O) groups excluding carboxylic acids is 2. The van der Waals surface area contributed by atoms with Crippen LogP contribution in [-0.4, -0.2) is 96.2 Å². The third-order valence-electron chi connectivity index (χ3n) is 5.83. The molecule has 0 saturated heterocycles. The van der Waals surface area contributed by atoms with Crippen molar-refractivity contribution in [3.63, 3.8) is 0 Å². The summed E-state index contributed by atoms with van der Waals surface area (Å²) < 4.78 is 6.62. The number of carboxylic acids is 1. The summed E-state index contributed by atoms with van der Waals surface area (Å²) in [6.07, 6.45) is 3.83. The molecule has 37 heavy (non-hydrogen) atoms. The summed E-state index contributed by atoms with van der Waals surface area (Å²) in [5.74, 6) is -3.70. The van der Waals surface area contributed by atoms with E-state index in [1.165, 1.54) is 11.6 Å². The molecule has 2 aliphatic rings. The lowest BCUT2D eigenvalue weighted by atomic mass is 9.92. The minimum atomic E-state index is -1.79. The number of nitrogens with zero attached hydrogens (tertiary/aromatic N) is 4. The molecule has 202 valence electrons. The predicted octanol–water partition coefficient (Wildman–Crippen LogP) is -2.38. The normalized spacial score (nSPS) is 23.7. The molecule has 0 unspecified atom stereocenters. The van der Waals surface area contributed by atoms with E-state index in [1.807, 2.05) is 0 Å². The van der Waals surface area contributed by atoms with Crippen molar-refractivity contribution in [2.45, 2.75) is 69.5 Å². The Kier molecular flexibility index (Phi) is 9.32. The van der Waals surface area contributed by atoms with Gasteiger partial charge in [-0.2, -0.15) is 0 Å². The van der Waals surface area contributed by atoms with Crippen molar-refractivity contribution in [2.75, 3.05) is 6.61 Å². The van der Waals surface area contributed by atoms with Gasteiger partial charge in [-0.3, -0.25) is 14.9 Å². The summed E-state index contributed by atoms with van der Waals surface area (Å²) in [7, 11) is 0. The molecule has 1 aromatic heterocycles. The molecule has 1 aromatic rings. The highest BCUT2D eigenvalue weighted by molar-refractivity contribution is 5.96. The molecule has 0 bridgehead atoms. The number of amides is 2. The summed E-state index contributed by atoms with van der Waals surface area (Å²) in [6.45, 7) is 0.0942. The second-order valence-corrected chi connectivity index (χ2v) is 8.71. The number of hydrogen-bond donors (Lipinski definition) is 7. The van der Waals surface area contributed by atoms with Gasteiger partial charge in [0.15, 0.2) is 5.96 Å². The number of aliphatic hydroxyl groups excluding tert-OH is 3. The molecule has 0 fully saturated rings. The molecule has 15 nitrogen and oxygen atoms in total. The van der Waals surface area contributed by atoms with E-state index in [9.17, 15) is 34.8 Å². The van der Waals surface area contributed by atoms with Gasteiger partial charge in [0, 0.05) is 6.92 Å². The predicted molar refractivity (Wildman–Crippen MR) is 127 cm³/mol. The highest BCUT2D eigenvalue weighted by Crippen LogP contribution is 2.26. The van der Waals surface area contributed by atoms with E-state index in [-0.39, 0.29) is 6.54 Å². The smallest absolute Gasteiger partial charge is 0.370 e. The molecule has 0 spiro atoms. The fourth-order valence-electron chi connectivity index (χ4n) is 4.08. The van der Waals surface area contributed by atoms with Crippen LogP contribution >= 0.6 is 0 Å². The van der Waals surface area contributed by atoms with Crippen molar-refractivity contribution in [1.29, 1.82) is 0 Å². The van der Waals surface area contributed by atoms with Gasteiger partial charge in [0.25, 0.3) is 0 Å². The summed E-state index contributed by atoms with van der Waals surface area (Å²) >= 11 is 0. The summed E-state index contributed by atoms with van der Waals surface area (Å²) in [4.78, 5) is 40.0. The van der Waals surface area contributed by atoms with Crippen molar-refractivity contribution in [3.05, 3.63) is 29.8 Å². The number of carbonyl (C=O) groups is 3. The quantitative estimate of drug-likeness (QED) is 0.134. The zero-order valence-corrected chi connectivity index (χ0v) is 20.1. The lowest BCUT2D eigenvalue weighted by molar-refractivity contribution is -0.145. The maximum atomic E-state index is 12.5. The Hall–Kier alpha value is -3.82. The summed E-state index contributed by atoms with van der Waals surface area (Å²) in [5, 5.41) is 51.8. The van der Waals surface area contributed by atoms with Gasteiger partial charge in [-0.25, -0.2) is 14.5 Å². The van der Waals surface area contributed by atoms with Gasteiger partial charge >= 0.3 is 5.97 Å². The van der Waals surface area contributed by atoms with Crippen molar-refractivity contribution < 1.29 is 39.5 Å². The van der Waals surface area contributed by atoms with Crippen LogP contribution in [0, 0.1) is 0 Å². The van der Waals surface area contributed by atoms with Crippen LogP contribution in [0.4, 0.5) is 0 Å². The number of aliphatic imine (C=N–C) groups is 1. The number of nitrogens with one attached hydrogen (secondary N) is 2. The van der Waals surface area contributed by atoms with Crippen LogP contribution in [0.5, 0.6) is 0 Å². The topological polar surface area (TPSA) is 235 Å². The summed E-state index contributed by atoms with van der Waals surface area (Å²) in [6, 6.07) is -2.42. The number of aliphatic carboxylic acids is 1. The molecule has 15 heteroatoms. The van der Waals surface area contributed by atoms with Gasteiger partial charge in [0.2, 0.25) is 17.6 Å². The van der Waals surface area contributed by atoms with Crippen LogP contribution in [0.1, 0.15) is 38.3 Å². The second kappa shape index (κ2) is 12.4. The molecule has 3 rings (SSSR count). The van der Waals surface area contributed by atoms with Crippen LogP contribution in [0.2, 0.25) is 0 Å². The number of nitrogens with two attached hydrogens (primary N) is 1. The van der Waals surface area contributed by atoms with E-state index in [0.29, 0.717) is 5.69 Å². The maximum absolute atomic E-state index is 12.5. The molecule has 5 atom stereocenters. The van der Waals surface area contributed by atoms with E-state index < -0.39 is 66.5 Å². The molecule has 2 heterocycles. The lowest BCUT2D eigenvalue weighted by Gasteiger charge is -2.38. The van der Waals surface area contributed by atoms with Crippen LogP contribution in [0.25, 0.3) is 5.57 Å². The minimum Gasteiger partial charge on any atom is -0.478 e. The van der Waals surface area contributed by atoms with Gasteiger partial charge in [0.05, 0.1) is 24.9 Å². The van der Waals surface area contributed by atoms with Crippen molar-refractivity contribution in [2.24, 2.45) is 10.7 Å². The van der Waals surface area contributed by atoms with Crippen LogP contribution in [-0.2, 0) is 25.7 Å². The first kappa shape index (κ1) is 27.8. The Morgan fingerprint density at radius 1 is 1.32 bits per heavy atom. The number of aromatic nitrogens is 3. The van der Waals surface area contributed by atoms with Crippen molar-refractivity contribution in [3.8, 4) is 0 Å². The molecule has 1 aliphatic heterocycles. The number of aliphatic hydroxyl groups is 3. The number of hydrogen-bond acceptors (Lipinski definition) is 10. The van der Waals surface area contributed by atoms with E-state index in [4.69, 9.17) is 10.5 Å². The molecule has 2 amide bonds. The largest absolute Gasteiger partial charge is 0.478 e. The fourth-order valence-corrected chi connectivity index (χ4v) is 4.08. The SMILES string of the molecule is CC(=O)N[C@H]1[C@H]([C@H](O)[C@H](O)CO)OC(C(=O)O)=C[C@@H]1N=C(N)NC(=O)Cn1cc(C2=CCCCC2)nn1. The van der Waals surface area contributed by atoms with Gasteiger partial charge in [-0.1, -0.05) is 11.3 Å². The molecule has 0 radical (unpaired) electrons. The van der Waals surface area contributed by atoms with Crippen molar-refractivity contribution in [1.82, 2.24) is 25.6 Å². The zero-order chi connectivity index (χ0) is 27.1. The Bertz CT molecular complexity index is 1100. The number of carboxylic acid groups (broad SMARTS) is 1. The van der Waals surface area contributed by atoms with Crippen molar-refractivity contribution >= 4 is 29.3 Å². The monoisotopic (exact) mass is 521 g/mol. The number of guanidine groups is 1. The maximum Gasteiger partial charge on any atom is 0.370 e. The Balaban J connectivity index is 1.76. The molecule has 0 aromatic carbocycles. The first-order chi connectivity index (χ1) is 17.6. The lowest BCUT2D eigenvalue weighted by Crippen LogP contribution is -2.60. The molecule has 1 aliphatic carbocycles. The average Bonchev–Trinajstić information content (AvgIpc) is 3.32. The third-order valence-corrected chi connectivity index (χ3v) is 5.83. The Labute approximate surface area is 211 Å². The number of ether oxygens (including phenoxy) is 1. The van der Waals surface area contributed by atoms with Crippen LogP contribution in [0.15, 0.2) is 29.1 Å². The number of allylic oxidation sites excluding steroid dienone is 2. The summed E-state index contributed by atoms with van der Waals surface area (Å²) in [5.41, 5.74) is 7.65. The average molecular weight is 522 g/mol. The molecular formula is C22H31N7O8. The highest BCUT2D eigenvalue weighted by Gasteiger charge is 2.43. The van der Waals surface area contributed by atoms with E-state index in [1.54, 1.807) is 6.20 Å². The van der Waals surface area contributed by atoms with Gasteiger partial charge in [0.1, 0.15) is 30.6 Å². The first-order valence-electron chi connectivity index (χ1n) is 11.7.